The van der Waals surface area contributed by atoms with Crippen LogP contribution < -0.4 is 10.2 Å². The average Bonchev–Trinajstić information content (AvgIpc) is 2.53. The van der Waals surface area contributed by atoms with Crippen molar-refractivity contribution in [2.45, 2.75) is 33.6 Å². The molecule has 0 radical (unpaired) electrons. The van der Waals surface area contributed by atoms with Crippen LogP contribution in [0.15, 0.2) is 18.2 Å². The molecule has 0 saturated carbocycles. The molecule has 1 amide bonds. The summed E-state index contributed by atoms with van der Waals surface area (Å²) in [7, 11) is 0. The first-order valence-electron chi connectivity index (χ1n) is 8.57. The predicted molar refractivity (Wildman–Crippen MR) is 98.5 cm³/mol. The van der Waals surface area contributed by atoms with Gasteiger partial charge in [-0.25, -0.2) is 0 Å². The highest BCUT2D eigenvalue weighted by Gasteiger charge is 2.21. The first kappa shape index (κ1) is 18.1. The minimum absolute atomic E-state index is 0.0643. The number of nitrogens with one attached hydrogen (secondary N) is 1. The molecular weight excluding hydrogens is 310 g/mol. The van der Waals surface area contributed by atoms with Gasteiger partial charge in [-0.3, -0.25) is 4.79 Å². The average molecular weight is 338 g/mol. The van der Waals surface area contributed by atoms with Crippen LogP contribution in [0.5, 0.6) is 0 Å². The van der Waals surface area contributed by atoms with Gasteiger partial charge in [-0.2, -0.15) is 0 Å². The van der Waals surface area contributed by atoms with Gasteiger partial charge in [-0.15, -0.1) is 0 Å². The number of halogens is 1. The number of carbonyl (C=O) groups is 1. The fraction of sp³-hybridized carbons (Fsp3) is 0.611. The molecule has 1 aromatic rings. The van der Waals surface area contributed by atoms with Gasteiger partial charge in [0.1, 0.15) is 0 Å². The van der Waals surface area contributed by atoms with Crippen molar-refractivity contribution in [3.63, 3.8) is 0 Å². The number of amides is 1. The van der Waals surface area contributed by atoms with Crippen LogP contribution >= 0.6 is 11.6 Å². The quantitative estimate of drug-likeness (QED) is 0.856. The van der Waals surface area contributed by atoms with Crippen LogP contribution in [0.25, 0.3) is 0 Å². The molecule has 5 heteroatoms. The Hall–Kier alpha value is -1.26. The molecule has 1 fully saturated rings. The van der Waals surface area contributed by atoms with E-state index in [1.807, 2.05) is 18.2 Å². The van der Waals surface area contributed by atoms with Crippen molar-refractivity contribution in [2.24, 2.45) is 5.92 Å². The summed E-state index contributed by atoms with van der Waals surface area (Å²) in [6.45, 7) is 11.5. The SMILES string of the molecule is CCN1CCN(c2c(Cl)cccc2NC(=O)CCC(C)C)CC1. The molecule has 1 N–H and O–H groups in total. The highest BCUT2D eigenvalue weighted by Crippen LogP contribution is 2.34. The molecule has 2 rings (SSSR count). The normalized spacial score (nSPS) is 16.0. The molecule has 0 unspecified atom stereocenters. The maximum atomic E-state index is 12.2. The Morgan fingerprint density at radius 2 is 1.96 bits per heavy atom. The van der Waals surface area contributed by atoms with Crippen LogP contribution in [0.4, 0.5) is 11.4 Å². The lowest BCUT2D eigenvalue weighted by Gasteiger charge is -2.36. The van der Waals surface area contributed by atoms with E-state index in [-0.39, 0.29) is 5.91 Å². The Morgan fingerprint density at radius 3 is 2.57 bits per heavy atom. The third-order valence-corrected chi connectivity index (χ3v) is 4.65. The van der Waals surface area contributed by atoms with Gasteiger partial charge in [-0.05, 0) is 31.0 Å². The molecule has 1 aliphatic heterocycles. The lowest BCUT2D eigenvalue weighted by Crippen LogP contribution is -2.46. The number of rotatable bonds is 6. The second-order valence-corrected chi connectivity index (χ2v) is 6.95. The number of hydrogen-bond donors (Lipinski definition) is 1. The number of likely N-dealkylation sites (N-methyl/N-ethyl adjacent to an activating group) is 1. The summed E-state index contributed by atoms with van der Waals surface area (Å²) in [5.74, 6) is 0.594. The molecule has 0 atom stereocenters. The smallest absolute Gasteiger partial charge is 0.224 e. The van der Waals surface area contributed by atoms with Crippen LogP contribution in [0.2, 0.25) is 5.02 Å². The fourth-order valence-corrected chi connectivity index (χ4v) is 3.15. The summed E-state index contributed by atoms with van der Waals surface area (Å²) < 4.78 is 0. The van der Waals surface area contributed by atoms with Gasteiger partial charge in [0.25, 0.3) is 0 Å². The molecule has 1 aromatic carbocycles. The summed E-state index contributed by atoms with van der Waals surface area (Å²) in [4.78, 5) is 16.9. The fourth-order valence-electron chi connectivity index (χ4n) is 2.86. The Kier molecular flexibility index (Phi) is 6.72. The molecule has 0 bridgehead atoms. The second kappa shape index (κ2) is 8.55. The number of piperazine rings is 1. The molecule has 0 spiro atoms. The number of nitrogens with zero attached hydrogens (tertiary/aromatic N) is 2. The van der Waals surface area contributed by atoms with Gasteiger partial charge >= 0.3 is 0 Å². The Morgan fingerprint density at radius 1 is 1.26 bits per heavy atom. The van der Waals surface area contributed by atoms with Crippen molar-refractivity contribution in [1.29, 1.82) is 0 Å². The van der Waals surface area contributed by atoms with Gasteiger partial charge in [0.05, 0.1) is 16.4 Å². The first-order chi connectivity index (χ1) is 11.0. The maximum Gasteiger partial charge on any atom is 0.224 e. The van der Waals surface area contributed by atoms with Crippen molar-refractivity contribution in [2.75, 3.05) is 42.9 Å². The van der Waals surface area contributed by atoms with Crippen LogP contribution in [-0.2, 0) is 4.79 Å². The minimum atomic E-state index is 0.0643. The summed E-state index contributed by atoms with van der Waals surface area (Å²) >= 11 is 6.44. The minimum Gasteiger partial charge on any atom is -0.366 e. The van der Waals surface area contributed by atoms with E-state index in [0.717, 1.165) is 50.5 Å². The molecule has 4 nitrogen and oxygen atoms in total. The molecule has 1 aliphatic rings. The zero-order chi connectivity index (χ0) is 16.8. The summed E-state index contributed by atoms with van der Waals surface area (Å²) in [6, 6.07) is 5.74. The zero-order valence-electron chi connectivity index (χ0n) is 14.4. The number of carbonyl (C=O) groups excluding carboxylic acids is 1. The van der Waals surface area contributed by atoms with E-state index >= 15 is 0 Å². The Labute approximate surface area is 144 Å². The van der Waals surface area contributed by atoms with E-state index in [1.54, 1.807) is 0 Å². The molecule has 0 aliphatic carbocycles. The predicted octanol–water partition coefficient (Wildman–Crippen LogP) is 3.86. The second-order valence-electron chi connectivity index (χ2n) is 6.54. The molecule has 23 heavy (non-hydrogen) atoms. The van der Waals surface area contributed by atoms with E-state index < -0.39 is 0 Å². The number of benzene rings is 1. The van der Waals surface area contributed by atoms with Gasteiger partial charge in [0, 0.05) is 32.6 Å². The van der Waals surface area contributed by atoms with E-state index in [1.165, 1.54) is 0 Å². The zero-order valence-corrected chi connectivity index (χ0v) is 15.2. The maximum absolute atomic E-state index is 12.2. The first-order valence-corrected chi connectivity index (χ1v) is 8.94. The van der Waals surface area contributed by atoms with Gasteiger partial charge in [-0.1, -0.05) is 38.4 Å². The molecule has 128 valence electrons. The van der Waals surface area contributed by atoms with Crippen molar-refractivity contribution >= 4 is 28.9 Å². The monoisotopic (exact) mass is 337 g/mol. The highest BCUT2D eigenvalue weighted by atomic mass is 35.5. The topological polar surface area (TPSA) is 35.6 Å². The lowest BCUT2D eigenvalue weighted by atomic mass is 10.1. The van der Waals surface area contributed by atoms with E-state index in [2.05, 4.69) is 35.9 Å². The van der Waals surface area contributed by atoms with Crippen molar-refractivity contribution in [1.82, 2.24) is 4.90 Å². The molecule has 0 aromatic heterocycles. The molecule has 1 heterocycles. The number of hydrogen-bond acceptors (Lipinski definition) is 3. The van der Waals surface area contributed by atoms with Crippen molar-refractivity contribution in [3.05, 3.63) is 23.2 Å². The van der Waals surface area contributed by atoms with Gasteiger partial charge in [0.15, 0.2) is 0 Å². The van der Waals surface area contributed by atoms with Crippen LogP contribution in [0, 0.1) is 5.92 Å². The third-order valence-electron chi connectivity index (χ3n) is 4.35. The highest BCUT2D eigenvalue weighted by molar-refractivity contribution is 6.34. The van der Waals surface area contributed by atoms with Crippen LogP contribution in [0.1, 0.15) is 33.6 Å². The van der Waals surface area contributed by atoms with Crippen LogP contribution in [-0.4, -0.2) is 43.5 Å². The number of para-hydroxylation sites is 1. The van der Waals surface area contributed by atoms with Gasteiger partial charge < -0.3 is 15.1 Å². The van der Waals surface area contributed by atoms with Crippen molar-refractivity contribution < 1.29 is 4.79 Å². The lowest BCUT2D eigenvalue weighted by molar-refractivity contribution is -0.116. The van der Waals surface area contributed by atoms with E-state index in [9.17, 15) is 4.79 Å². The van der Waals surface area contributed by atoms with Gasteiger partial charge in [0.2, 0.25) is 5.91 Å². The van der Waals surface area contributed by atoms with Crippen LogP contribution in [0.3, 0.4) is 0 Å². The Balaban J connectivity index is 2.09. The summed E-state index contributed by atoms with van der Waals surface area (Å²) in [6.07, 6.45) is 1.45. The third kappa shape index (κ3) is 5.11. The molecular formula is C18H28ClN3O. The summed E-state index contributed by atoms with van der Waals surface area (Å²) in [5.41, 5.74) is 1.79. The summed E-state index contributed by atoms with van der Waals surface area (Å²) in [5, 5.41) is 3.76. The van der Waals surface area contributed by atoms with E-state index in [0.29, 0.717) is 17.4 Å². The molecule has 1 saturated heterocycles. The standard InChI is InChI=1S/C18H28ClN3O/c1-4-21-10-12-22(13-11-21)18-15(19)6-5-7-16(18)20-17(23)9-8-14(2)3/h5-7,14H,4,8-13H2,1-3H3,(H,20,23). The van der Waals surface area contributed by atoms with Crippen molar-refractivity contribution in [3.8, 4) is 0 Å². The largest absolute Gasteiger partial charge is 0.366 e. The number of anilines is 2. The Bertz CT molecular complexity index is 525. The van der Waals surface area contributed by atoms with E-state index in [4.69, 9.17) is 11.6 Å².